The Labute approximate surface area is 153 Å². The lowest BCUT2D eigenvalue weighted by molar-refractivity contribution is -0.115. The molecule has 5 nitrogen and oxygen atoms in total. The van der Waals surface area contributed by atoms with E-state index in [1.807, 2.05) is 13.8 Å². The van der Waals surface area contributed by atoms with E-state index in [2.05, 4.69) is 5.32 Å². The van der Waals surface area contributed by atoms with E-state index >= 15 is 0 Å². The monoisotopic (exact) mass is 388 g/mol. The molecule has 24 heavy (non-hydrogen) atoms. The molecule has 2 rings (SSSR count). The molecule has 1 aliphatic heterocycles. The van der Waals surface area contributed by atoms with Crippen molar-refractivity contribution in [2.24, 2.45) is 0 Å². The zero-order valence-electron chi connectivity index (χ0n) is 14.2. The summed E-state index contributed by atoms with van der Waals surface area (Å²) < 4.78 is 26.9. The topological polar surface area (TPSA) is 66.5 Å². The zero-order chi connectivity index (χ0) is 17.7. The van der Waals surface area contributed by atoms with Gasteiger partial charge in [0.2, 0.25) is 15.9 Å². The molecule has 1 heterocycles. The first kappa shape index (κ1) is 19.6. The van der Waals surface area contributed by atoms with Gasteiger partial charge in [0.25, 0.3) is 0 Å². The molecule has 134 valence electrons. The molecule has 1 aromatic carbocycles. The van der Waals surface area contributed by atoms with E-state index in [4.69, 9.17) is 0 Å². The van der Waals surface area contributed by atoms with Crippen LogP contribution in [0, 0.1) is 6.92 Å². The maximum Gasteiger partial charge on any atom is 0.243 e. The number of thioether (sulfide) groups is 2. The molecular weight excluding hydrogens is 364 g/mol. The Morgan fingerprint density at radius 1 is 1.29 bits per heavy atom. The van der Waals surface area contributed by atoms with Crippen LogP contribution in [0.4, 0.5) is 5.69 Å². The van der Waals surface area contributed by atoms with Crippen molar-refractivity contribution in [3.8, 4) is 0 Å². The Balaban J connectivity index is 2.23. The smallest absolute Gasteiger partial charge is 0.243 e. The molecule has 0 saturated carbocycles. The Hall–Kier alpha value is -0.700. The molecule has 0 radical (unpaired) electrons. The lowest BCUT2D eigenvalue weighted by atomic mass is 10.2. The number of nitrogens with zero attached hydrogens (tertiary/aromatic N) is 1. The Morgan fingerprint density at radius 2 is 2.00 bits per heavy atom. The highest BCUT2D eigenvalue weighted by Crippen LogP contribution is 2.27. The van der Waals surface area contributed by atoms with Gasteiger partial charge in [-0.1, -0.05) is 19.9 Å². The zero-order valence-corrected chi connectivity index (χ0v) is 16.7. The molecule has 0 unspecified atom stereocenters. The second-order valence-electron chi connectivity index (χ2n) is 5.49. The van der Waals surface area contributed by atoms with E-state index in [0.29, 0.717) is 24.3 Å². The first-order valence-corrected chi connectivity index (χ1v) is 11.7. The van der Waals surface area contributed by atoms with Crippen molar-refractivity contribution in [3.63, 3.8) is 0 Å². The van der Waals surface area contributed by atoms with Crippen molar-refractivity contribution >= 4 is 45.1 Å². The van der Waals surface area contributed by atoms with Gasteiger partial charge < -0.3 is 5.32 Å². The second kappa shape index (κ2) is 8.60. The Kier molecular flexibility index (Phi) is 7.03. The minimum absolute atomic E-state index is 0.0535. The lowest BCUT2D eigenvalue weighted by Gasteiger charge is -2.22. The Morgan fingerprint density at radius 3 is 2.58 bits per heavy atom. The van der Waals surface area contributed by atoms with Crippen LogP contribution >= 0.6 is 23.5 Å². The number of anilines is 1. The average molecular weight is 389 g/mol. The highest BCUT2D eigenvalue weighted by molar-refractivity contribution is 8.07. The number of aryl methyl sites for hydroxylation is 1. The number of benzene rings is 1. The largest absolute Gasteiger partial charge is 0.325 e. The molecule has 1 saturated heterocycles. The first-order valence-electron chi connectivity index (χ1n) is 8.01. The third kappa shape index (κ3) is 4.47. The number of carbonyl (C=O) groups is 1. The number of carbonyl (C=O) groups excluding carboxylic acids is 1. The molecule has 1 atom stereocenters. The van der Waals surface area contributed by atoms with Crippen molar-refractivity contribution in [2.45, 2.75) is 30.9 Å². The summed E-state index contributed by atoms with van der Waals surface area (Å²) in [7, 11) is -3.54. The van der Waals surface area contributed by atoms with Crippen LogP contribution in [0.3, 0.4) is 0 Å². The summed E-state index contributed by atoms with van der Waals surface area (Å²) >= 11 is 3.43. The summed E-state index contributed by atoms with van der Waals surface area (Å²) in [5, 5.41) is 2.79. The molecule has 0 aromatic heterocycles. The molecule has 0 spiro atoms. The first-order chi connectivity index (χ1) is 11.4. The molecule has 8 heteroatoms. The van der Waals surface area contributed by atoms with E-state index in [-0.39, 0.29) is 16.1 Å². The maximum absolute atomic E-state index is 12.8. The van der Waals surface area contributed by atoms with Gasteiger partial charge in [-0.2, -0.15) is 16.1 Å². The maximum atomic E-state index is 12.8. The van der Waals surface area contributed by atoms with Gasteiger partial charge in [-0.3, -0.25) is 4.79 Å². The Bertz CT molecular complexity index is 682. The lowest BCUT2D eigenvalue weighted by Crippen LogP contribution is -2.32. The number of hydrogen-bond acceptors (Lipinski definition) is 5. The number of hydrogen-bond donors (Lipinski definition) is 1. The minimum Gasteiger partial charge on any atom is -0.325 e. The van der Waals surface area contributed by atoms with Crippen LogP contribution in [-0.4, -0.2) is 54.2 Å². The van der Waals surface area contributed by atoms with Crippen molar-refractivity contribution in [3.05, 3.63) is 23.8 Å². The van der Waals surface area contributed by atoms with Crippen LogP contribution in [0.15, 0.2) is 23.1 Å². The highest BCUT2D eigenvalue weighted by atomic mass is 32.2. The van der Waals surface area contributed by atoms with Crippen molar-refractivity contribution < 1.29 is 13.2 Å². The molecule has 1 aliphatic rings. The summed E-state index contributed by atoms with van der Waals surface area (Å²) in [6, 6.07) is 5.07. The summed E-state index contributed by atoms with van der Waals surface area (Å²) in [5.74, 6) is 2.79. The molecule has 0 bridgehead atoms. The summed E-state index contributed by atoms with van der Waals surface area (Å²) in [6.45, 7) is 6.26. The fraction of sp³-hybridized carbons (Fsp3) is 0.562. The van der Waals surface area contributed by atoms with Gasteiger partial charge in [0.05, 0.1) is 10.1 Å². The quantitative estimate of drug-likeness (QED) is 0.812. The summed E-state index contributed by atoms with van der Waals surface area (Å²) in [5.41, 5.74) is 1.22. The highest BCUT2D eigenvalue weighted by Gasteiger charge is 2.25. The van der Waals surface area contributed by atoms with Crippen LogP contribution in [0.1, 0.15) is 19.4 Å². The SMILES string of the molecule is CCN(CC)S(=O)(=O)c1cc(NC(=O)[C@@H]2CSCCS2)ccc1C. The van der Waals surface area contributed by atoms with Crippen LogP contribution in [-0.2, 0) is 14.8 Å². The van der Waals surface area contributed by atoms with Crippen molar-refractivity contribution in [1.29, 1.82) is 0 Å². The van der Waals surface area contributed by atoms with Gasteiger partial charge >= 0.3 is 0 Å². The third-order valence-electron chi connectivity index (χ3n) is 3.89. The molecular formula is C16H24N2O3S3. The molecule has 1 N–H and O–H groups in total. The van der Waals surface area contributed by atoms with Gasteiger partial charge in [-0.25, -0.2) is 8.42 Å². The van der Waals surface area contributed by atoms with Crippen LogP contribution in [0.5, 0.6) is 0 Å². The van der Waals surface area contributed by atoms with Gasteiger partial charge in [-0.05, 0) is 24.6 Å². The van der Waals surface area contributed by atoms with Crippen molar-refractivity contribution in [2.75, 3.05) is 35.7 Å². The molecule has 1 fully saturated rings. The van der Waals surface area contributed by atoms with Gasteiger partial charge in [0, 0.05) is 36.0 Å². The fourth-order valence-corrected chi connectivity index (χ4v) is 6.79. The molecule has 0 aliphatic carbocycles. The van der Waals surface area contributed by atoms with Crippen molar-refractivity contribution in [1.82, 2.24) is 4.31 Å². The fourth-order valence-electron chi connectivity index (χ4n) is 2.52. The standard InChI is InChI=1S/C16H24N2O3S3/c1-4-18(5-2)24(20,21)15-10-13(7-6-12(15)3)17-16(19)14-11-22-8-9-23-14/h6-7,10,14H,4-5,8-9,11H2,1-3H3,(H,17,19)/t14-/m0/s1. The normalized spacial score (nSPS) is 18.6. The van der Waals surface area contributed by atoms with Gasteiger partial charge in [0.15, 0.2) is 0 Å². The van der Waals surface area contributed by atoms with E-state index in [1.165, 1.54) is 4.31 Å². The third-order valence-corrected chi connectivity index (χ3v) is 8.83. The van der Waals surface area contributed by atoms with E-state index in [0.717, 1.165) is 17.3 Å². The summed E-state index contributed by atoms with van der Waals surface area (Å²) in [4.78, 5) is 12.6. The van der Waals surface area contributed by atoms with E-state index < -0.39 is 10.0 Å². The van der Waals surface area contributed by atoms with E-state index in [9.17, 15) is 13.2 Å². The molecule has 1 aromatic rings. The second-order valence-corrected chi connectivity index (χ2v) is 9.86. The molecule has 1 amide bonds. The minimum atomic E-state index is -3.54. The predicted molar refractivity (Wildman–Crippen MR) is 103 cm³/mol. The summed E-state index contributed by atoms with van der Waals surface area (Å²) in [6.07, 6.45) is 0. The van der Waals surface area contributed by atoms with Gasteiger partial charge in [-0.15, -0.1) is 11.8 Å². The number of rotatable bonds is 6. The predicted octanol–water partition coefficient (Wildman–Crippen LogP) is 2.81. The number of amides is 1. The number of sulfonamides is 1. The number of nitrogens with one attached hydrogen (secondary N) is 1. The van der Waals surface area contributed by atoms with Crippen LogP contribution in [0.2, 0.25) is 0 Å². The average Bonchev–Trinajstić information content (AvgIpc) is 2.58. The van der Waals surface area contributed by atoms with E-state index in [1.54, 1.807) is 48.6 Å². The van der Waals surface area contributed by atoms with Crippen LogP contribution in [0.25, 0.3) is 0 Å². The van der Waals surface area contributed by atoms with Gasteiger partial charge in [0.1, 0.15) is 0 Å². The van der Waals surface area contributed by atoms with Crippen LogP contribution < -0.4 is 5.32 Å².